The highest BCUT2D eigenvalue weighted by Crippen LogP contribution is 2.28. The third-order valence-corrected chi connectivity index (χ3v) is 4.02. The van der Waals surface area contributed by atoms with Gasteiger partial charge in [0.25, 0.3) is 0 Å². The van der Waals surface area contributed by atoms with Gasteiger partial charge < -0.3 is 9.84 Å². The number of aliphatic hydroxyl groups excluding tert-OH is 1. The van der Waals surface area contributed by atoms with E-state index in [1.807, 2.05) is 67.6 Å². The topological polar surface area (TPSA) is 42.4 Å². The van der Waals surface area contributed by atoms with E-state index in [9.17, 15) is 5.11 Å². The van der Waals surface area contributed by atoms with Gasteiger partial charge in [0.2, 0.25) is 0 Å². The summed E-state index contributed by atoms with van der Waals surface area (Å²) in [6.45, 7) is 1.92. The predicted molar refractivity (Wildman–Crippen MR) is 83.9 cm³/mol. The van der Waals surface area contributed by atoms with Gasteiger partial charge in [0.05, 0.1) is 10.6 Å². The number of hydrogen-bond donors (Lipinski definition) is 1. The van der Waals surface area contributed by atoms with E-state index in [4.69, 9.17) is 4.74 Å². The van der Waals surface area contributed by atoms with Gasteiger partial charge in [-0.15, -0.1) is 0 Å². The monoisotopic (exact) mass is 297 g/mol. The van der Waals surface area contributed by atoms with Gasteiger partial charge in [-0.2, -0.15) is 4.37 Å². The summed E-state index contributed by atoms with van der Waals surface area (Å²) in [6, 6.07) is 19.0. The Morgan fingerprint density at radius 1 is 1.00 bits per heavy atom. The fourth-order valence-electron chi connectivity index (χ4n) is 2.02. The average Bonchev–Trinajstić information content (AvgIpc) is 2.95. The number of ether oxygens (including phenoxy) is 1. The van der Waals surface area contributed by atoms with E-state index in [2.05, 4.69) is 4.37 Å². The summed E-state index contributed by atoms with van der Waals surface area (Å²) in [5, 5.41) is 10.3. The average molecular weight is 297 g/mol. The molecule has 0 aliphatic heterocycles. The SMILES string of the molecule is Cc1cc([C@H](O)c2ccc(Oc3ccccc3)cc2)sn1. The molecule has 4 heteroatoms. The Bertz CT molecular complexity index is 707. The van der Waals surface area contributed by atoms with Crippen molar-refractivity contribution >= 4 is 11.5 Å². The van der Waals surface area contributed by atoms with Crippen LogP contribution in [0.15, 0.2) is 60.7 Å². The Labute approximate surface area is 127 Å². The van der Waals surface area contributed by atoms with Crippen molar-refractivity contribution in [1.29, 1.82) is 0 Å². The van der Waals surface area contributed by atoms with Crippen LogP contribution in [0.2, 0.25) is 0 Å². The Morgan fingerprint density at radius 3 is 2.29 bits per heavy atom. The zero-order chi connectivity index (χ0) is 14.7. The van der Waals surface area contributed by atoms with E-state index in [1.165, 1.54) is 11.5 Å². The van der Waals surface area contributed by atoms with Crippen molar-refractivity contribution in [3.63, 3.8) is 0 Å². The van der Waals surface area contributed by atoms with Crippen LogP contribution in [0.5, 0.6) is 11.5 Å². The summed E-state index contributed by atoms with van der Waals surface area (Å²) in [5.74, 6) is 1.54. The number of para-hydroxylation sites is 1. The van der Waals surface area contributed by atoms with Gasteiger partial charge in [-0.25, -0.2) is 0 Å². The van der Waals surface area contributed by atoms with Gasteiger partial charge in [0, 0.05) is 0 Å². The summed E-state index contributed by atoms with van der Waals surface area (Å²) in [4.78, 5) is 0.851. The normalized spacial score (nSPS) is 12.1. The standard InChI is InChI=1S/C17H15NO2S/c1-12-11-16(21-18-12)17(19)13-7-9-15(10-8-13)20-14-5-3-2-4-6-14/h2-11,17,19H,1H3/t17-/m1/s1. The molecule has 21 heavy (non-hydrogen) atoms. The smallest absolute Gasteiger partial charge is 0.127 e. The third-order valence-electron chi connectivity index (χ3n) is 3.09. The first-order valence-corrected chi connectivity index (χ1v) is 7.44. The van der Waals surface area contributed by atoms with E-state index >= 15 is 0 Å². The summed E-state index contributed by atoms with van der Waals surface area (Å²) >= 11 is 1.33. The van der Waals surface area contributed by atoms with Crippen molar-refractivity contribution in [2.24, 2.45) is 0 Å². The Hall–Kier alpha value is -2.17. The molecule has 1 N–H and O–H groups in total. The number of aryl methyl sites for hydroxylation is 1. The lowest BCUT2D eigenvalue weighted by atomic mass is 10.1. The quantitative estimate of drug-likeness (QED) is 0.779. The van der Waals surface area contributed by atoms with Crippen molar-refractivity contribution in [3.05, 3.63) is 76.8 Å². The molecule has 2 aromatic carbocycles. The van der Waals surface area contributed by atoms with Gasteiger partial charge in [-0.05, 0) is 54.4 Å². The molecule has 0 radical (unpaired) electrons. The van der Waals surface area contributed by atoms with E-state index in [0.29, 0.717) is 0 Å². The maximum Gasteiger partial charge on any atom is 0.127 e. The van der Waals surface area contributed by atoms with Crippen LogP contribution in [0.4, 0.5) is 0 Å². The molecule has 1 aromatic heterocycles. The fourth-order valence-corrected chi connectivity index (χ4v) is 2.78. The molecule has 0 spiro atoms. The molecule has 0 saturated heterocycles. The summed E-state index contributed by atoms with van der Waals surface area (Å²) in [7, 11) is 0. The van der Waals surface area contributed by atoms with Crippen molar-refractivity contribution in [1.82, 2.24) is 4.37 Å². The maximum absolute atomic E-state index is 10.3. The number of rotatable bonds is 4. The van der Waals surface area contributed by atoms with Crippen molar-refractivity contribution < 1.29 is 9.84 Å². The molecule has 0 unspecified atom stereocenters. The molecule has 1 atom stereocenters. The van der Waals surface area contributed by atoms with Crippen LogP contribution >= 0.6 is 11.5 Å². The zero-order valence-electron chi connectivity index (χ0n) is 11.6. The molecule has 0 bridgehead atoms. The summed E-state index contributed by atoms with van der Waals surface area (Å²) < 4.78 is 9.93. The minimum absolute atomic E-state index is 0.637. The predicted octanol–water partition coefficient (Wildman–Crippen LogP) is 4.33. The Morgan fingerprint density at radius 2 is 1.67 bits per heavy atom. The first-order valence-electron chi connectivity index (χ1n) is 6.66. The second kappa shape index (κ2) is 6.08. The molecule has 3 rings (SSSR count). The minimum atomic E-state index is -0.637. The van der Waals surface area contributed by atoms with E-state index < -0.39 is 6.10 Å². The van der Waals surface area contributed by atoms with Crippen LogP contribution in [-0.4, -0.2) is 9.48 Å². The molecule has 0 aliphatic rings. The lowest BCUT2D eigenvalue weighted by molar-refractivity contribution is 0.224. The van der Waals surface area contributed by atoms with Gasteiger partial charge in [-0.3, -0.25) is 0 Å². The molecule has 3 aromatic rings. The zero-order valence-corrected chi connectivity index (χ0v) is 12.4. The molecule has 0 saturated carbocycles. The maximum atomic E-state index is 10.3. The van der Waals surface area contributed by atoms with Crippen LogP contribution in [0.25, 0.3) is 0 Å². The van der Waals surface area contributed by atoms with Crippen LogP contribution in [-0.2, 0) is 0 Å². The molecule has 0 fully saturated rings. The number of aliphatic hydroxyl groups is 1. The van der Waals surface area contributed by atoms with Crippen LogP contribution in [0.3, 0.4) is 0 Å². The number of nitrogens with zero attached hydrogens (tertiary/aromatic N) is 1. The van der Waals surface area contributed by atoms with Gasteiger partial charge in [-0.1, -0.05) is 30.3 Å². The van der Waals surface area contributed by atoms with E-state index in [1.54, 1.807) is 0 Å². The Balaban J connectivity index is 1.75. The molecular weight excluding hydrogens is 282 g/mol. The molecule has 106 valence electrons. The molecule has 1 heterocycles. The Kier molecular flexibility index (Phi) is 3.99. The highest BCUT2D eigenvalue weighted by atomic mass is 32.1. The van der Waals surface area contributed by atoms with Crippen LogP contribution in [0.1, 0.15) is 22.2 Å². The minimum Gasteiger partial charge on any atom is -0.457 e. The van der Waals surface area contributed by atoms with Crippen molar-refractivity contribution in [2.45, 2.75) is 13.0 Å². The molecule has 0 amide bonds. The largest absolute Gasteiger partial charge is 0.457 e. The van der Waals surface area contributed by atoms with Crippen LogP contribution in [0, 0.1) is 6.92 Å². The number of hydrogen-bond acceptors (Lipinski definition) is 4. The second-order valence-corrected chi connectivity index (χ2v) is 5.59. The summed E-state index contributed by atoms with van der Waals surface area (Å²) in [5.41, 5.74) is 1.76. The van der Waals surface area contributed by atoms with E-state index in [-0.39, 0.29) is 0 Å². The second-order valence-electron chi connectivity index (χ2n) is 4.76. The summed E-state index contributed by atoms with van der Waals surface area (Å²) in [6.07, 6.45) is -0.637. The van der Waals surface area contributed by atoms with Crippen molar-refractivity contribution in [2.75, 3.05) is 0 Å². The number of benzene rings is 2. The lowest BCUT2D eigenvalue weighted by Crippen LogP contribution is -1.96. The molecule has 0 aliphatic carbocycles. The molecule has 3 nitrogen and oxygen atoms in total. The highest BCUT2D eigenvalue weighted by molar-refractivity contribution is 7.05. The van der Waals surface area contributed by atoms with Gasteiger partial charge >= 0.3 is 0 Å². The fraction of sp³-hybridized carbons (Fsp3) is 0.118. The first kappa shape index (κ1) is 13.8. The lowest BCUT2D eigenvalue weighted by Gasteiger charge is -2.10. The molecular formula is C17H15NO2S. The van der Waals surface area contributed by atoms with Crippen molar-refractivity contribution in [3.8, 4) is 11.5 Å². The third kappa shape index (κ3) is 3.29. The van der Waals surface area contributed by atoms with Gasteiger partial charge in [0.1, 0.15) is 17.6 Å². The van der Waals surface area contributed by atoms with Crippen LogP contribution < -0.4 is 4.74 Å². The highest BCUT2D eigenvalue weighted by Gasteiger charge is 2.13. The first-order chi connectivity index (χ1) is 10.2. The van der Waals surface area contributed by atoms with Gasteiger partial charge in [0.15, 0.2) is 0 Å². The van der Waals surface area contributed by atoms with E-state index in [0.717, 1.165) is 27.6 Å². The number of aromatic nitrogens is 1.